The van der Waals surface area contributed by atoms with Crippen LogP contribution in [0.25, 0.3) is 0 Å². The van der Waals surface area contributed by atoms with E-state index in [1.165, 1.54) is 0 Å². The van der Waals surface area contributed by atoms with E-state index in [-0.39, 0.29) is 41.2 Å². The van der Waals surface area contributed by atoms with Gasteiger partial charge in [-0.1, -0.05) is 20.8 Å². The van der Waals surface area contributed by atoms with Crippen molar-refractivity contribution < 1.29 is 23.5 Å². The first kappa shape index (κ1) is 23.1. The largest absolute Gasteiger partial charge is 0.381 e. The molecule has 0 aromatic heterocycles. The maximum atomic E-state index is 13.0. The molecule has 3 aliphatic rings. The summed E-state index contributed by atoms with van der Waals surface area (Å²) in [4.78, 5) is 24.2. The first-order valence-electron chi connectivity index (χ1n) is 11.3. The zero-order valence-electron chi connectivity index (χ0n) is 18.3. The van der Waals surface area contributed by atoms with Gasteiger partial charge in [0.1, 0.15) is 0 Å². The Balaban J connectivity index is 1.59. The van der Waals surface area contributed by atoms with Gasteiger partial charge in [0.05, 0.1) is 23.2 Å². The Labute approximate surface area is 177 Å². The van der Waals surface area contributed by atoms with Crippen molar-refractivity contribution in [1.82, 2.24) is 9.62 Å². The quantitative estimate of drug-likeness (QED) is 0.628. The molecule has 2 saturated carbocycles. The summed E-state index contributed by atoms with van der Waals surface area (Å²) < 4.78 is 20.4. The molecule has 8 heteroatoms. The normalized spacial score (nSPS) is 39.0. The number of nitrogens with zero attached hydrogens (tertiary/aromatic N) is 1. The Morgan fingerprint density at radius 3 is 2.59 bits per heavy atom. The molecule has 7 nitrogen and oxygen atoms in total. The Morgan fingerprint density at radius 2 is 1.90 bits per heavy atom. The lowest BCUT2D eigenvalue weighted by Crippen LogP contribution is -2.55. The standard InChI is InChI=1S/C21H38N2O5S/c1-5-23(6-2)29(25)17-10-11-19-18(13-17)14(3)20(28-27-19)21(24)22-15-8-7-9-16(12-15)26-4/h14-20H,5-13H2,1-4H3,(H,22,24). The lowest BCUT2D eigenvalue weighted by atomic mass is 9.75. The summed E-state index contributed by atoms with van der Waals surface area (Å²) in [7, 11) is 0.748. The van der Waals surface area contributed by atoms with Crippen LogP contribution in [0, 0.1) is 11.8 Å². The van der Waals surface area contributed by atoms with E-state index < -0.39 is 17.1 Å². The van der Waals surface area contributed by atoms with E-state index >= 15 is 0 Å². The highest BCUT2D eigenvalue weighted by Crippen LogP contribution is 2.40. The fraction of sp³-hybridized carbons (Fsp3) is 0.952. The van der Waals surface area contributed by atoms with Crippen molar-refractivity contribution in [2.75, 3.05) is 20.2 Å². The third-order valence-electron chi connectivity index (χ3n) is 7.03. The molecule has 3 fully saturated rings. The Bertz CT molecular complexity index is 573. The Hall–Kier alpha value is -0.540. The average Bonchev–Trinajstić information content (AvgIpc) is 2.74. The maximum absolute atomic E-state index is 13.0. The smallest absolute Gasteiger partial charge is 0.253 e. The summed E-state index contributed by atoms with van der Waals surface area (Å²) >= 11 is 0. The van der Waals surface area contributed by atoms with E-state index in [9.17, 15) is 9.00 Å². The number of carbonyl (C=O) groups is 1. The second-order valence-electron chi connectivity index (χ2n) is 8.73. The van der Waals surface area contributed by atoms with Crippen LogP contribution in [0.4, 0.5) is 0 Å². The first-order valence-corrected chi connectivity index (χ1v) is 12.5. The van der Waals surface area contributed by atoms with Crippen LogP contribution in [-0.4, -0.2) is 64.2 Å². The summed E-state index contributed by atoms with van der Waals surface area (Å²) in [6.07, 6.45) is 6.06. The summed E-state index contributed by atoms with van der Waals surface area (Å²) in [5, 5.41) is 3.29. The molecule has 1 amide bonds. The van der Waals surface area contributed by atoms with Gasteiger partial charge in [0.15, 0.2) is 6.10 Å². The molecule has 2 aliphatic carbocycles. The van der Waals surface area contributed by atoms with Crippen molar-refractivity contribution in [3.63, 3.8) is 0 Å². The number of hydrogen-bond donors (Lipinski definition) is 1. The lowest BCUT2D eigenvalue weighted by molar-refractivity contribution is -0.394. The first-order chi connectivity index (χ1) is 14.0. The predicted molar refractivity (Wildman–Crippen MR) is 112 cm³/mol. The van der Waals surface area contributed by atoms with Gasteiger partial charge in [0.2, 0.25) is 0 Å². The van der Waals surface area contributed by atoms with Gasteiger partial charge in [0.25, 0.3) is 5.91 Å². The predicted octanol–water partition coefficient (Wildman–Crippen LogP) is 2.57. The molecule has 29 heavy (non-hydrogen) atoms. The fourth-order valence-electron chi connectivity index (χ4n) is 5.18. The lowest BCUT2D eigenvalue weighted by Gasteiger charge is -2.44. The second kappa shape index (κ2) is 10.7. The molecule has 8 unspecified atom stereocenters. The number of amides is 1. The van der Waals surface area contributed by atoms with Crippen LogP contribution >= 0.6 is 0 Å². The number of methoxy groups -OCH3 is 1. The van der Waals surface area contributed by atoms with Gasteiger partial charge >= 0.3 is 0 Å². The van der Waals surface area contributed by atoms with E-state index in [1.54, 1.807) is 7.11 Å². The van der Waals surface area contributed by atoms with Crippen LogP contribution in [0.1, 0.15) is 65.7 Å². The number of carbonyl (C=O) groups excluding carboxylic acids is 1. The number of fused-ring (bicyclic) bond motifs is 1. The van der Waals surface area contributed by atoms with Crippen LogP contribution in [-0.2, 0) is 30.3 Å². The minimum absolute atomic E-state index is 0.00782. The zero-order chi connectivity index (χ0) is 21.0. The molecule has 1 N–H and O–H groups in total. The summed E-state index contributed by atoms with van der Waals surface area (Å²) in [6, 6.07) is 0.129. The van der Waals surface area contributed by atoms with Crippen LogP contribution in [0.2, 0.25) is 0 Å². The highest BCUT2D eigenvalue weighted by Gasteiger charge is 2.47. The highest BCUT2D eigenvalue weighted by atomic mass is 32.2. The van der Waals surface area contributed by atoms with Crippen LogP contribution < -0.4 is 5.32 Å². The fourth-order valence-corrected chi connectivity index (χ4v) is 6.84. The molecule has 0 radical (unpaired) electrons. The van der Waals surface area contributed by atoms with Crippen molar-refractivity contribution in [1.29, 1.82) is 0 Å². The molecule has 1 aliphatic heterocycles. The molecule has 0 aromatic rings. The van der Waals surface area contributed by atoms with E-state index in [1.807, 2.05) is 18.2 Å². The summed E-state index contributed by atoms with van der Waals surface area (Å²) in [5.74, 6) is 0.132. The molecule has 1 saturated heterocycles. The number of hydrogen-bond acceptors (Lipinski definition) is 5. The van der Waals surface area contributed by atoms with E-state index in [4.69, 9.17) is 14.5 Å². The van der Waals surface area contributed by atoms with Crippen LogP contribution in [0.3, 0.4) is 0 Å². The molecule has 168 valence electrons. The van der Waals surface area contributed by atoms with Crippen molar-refractivity contribution >= 4 is 16.9 Å². The zero-order valence-corrected chi connectivity index (χ0v) is 19.1. The summed E-state index contributed by atoms with van der Waals surface area (Å²) in [6.45, 7) is 7.75. The van der Waals surface area contributed by atoms with Gasteiger partial charge in [-0.25, -0.2) is 18.3 Å². The summed E-state index contributed by atoms with van der Waals surface area (Å²) in [5.41, 5.74) is 0. The van der Waals surface area contributed by atoms with E-state index in [2.05, 4.69) is 12.2 Å². The van der Waals surface area contributed by atoms with Crippen molar-refractivity contribution in [2.24, 2.45) is 11.8 Å². The molecule has 0 bridgehead atoms. The Morgan fingerprint density at radius 1 is 1.14 bits per heavy atom. The molecular weight excluding hydrogens is 392 g/mol. The highest BCUT2D eigenvalue weighted by molar-refractivity contribution is 7.83. The van der Waals surface area contributed by atoms with Gasteiger partial charge in [-0.15, -0.1) is 0 Å². The van der Waals surface area contributed by atoms with Crippen LogP contribution in [0.5, 0.6) is 0 Å². The van der Waals surface area contributed by atoms with E-state index in [0.29, 0.717) is 0 Å². The second-order valence-corrected chi connectivity index (χ2v) is 10.5. The number of nitrogens with one attached hydrogen (secondary N) is 1. The monoisotopic (exact) mass is 430 g/mol. The minimum Gasteiger partial charge on any atom is -0.381 e. The van der Waals surface area contributed by atoms with Gasteiger partial charge in [-0.2, -0.15) is 0 Å². The van der Waals surface area contributed by atoms with Crippen molar-refractivity contribution in [3.05, 3.63) is 0 Å². The third-order valence-corrected chi connectivity index (χ3v) is 9.05. The average molecular weight is 431 g/mol. The molecule has 0 aromatic carbocycles. The molecule has 0 spiro atoms. The van der Waals surface area contributed by atoms with Gasteiger partial charge < -0.3 is 10.1 Å². The number of ether oxygens (including phenoxy) is 1. The SMILES string of the molecule is CCN(CC)S(=O)C1CCC2OOC(C(=O)NC3CCCC(OC)C3)C(C)C2C1. The van der Waals surface area contributed by atoms with Gasteiger partial charge in [-0.05, 0) is 50.9 Å². The number of rotatable bonds is 7. The minimum atomic E-state index is -0.985. The molecule has 3 rings (SSSR count). The maximum Gasteiger partial charge on any atom is 0.253 e. The van der Waals surface area contributed by atoms with Crippen LogP contribution in [0.15, 0.2) is 0 Å². The van der Waals surface area contributed by atoms with Gasteiger partial charge in [-0.3, -0.25) is 4.79 Å². The van der Waals surface area contributed by atoms with Gasteiger partial charge in [0, 0.05) is 37.4 Å². The van der Waals surface area contributed by atoms with Crippen molar-refractivity contribution in [3.8, 4) is 0 Å². The molecule has 8 atom stereocenters. The topological polar surface area (TPSA) is 77.1 Å². The molecule has 1 heterocycles. The van der Waals surface area contributed by atoms with Crippen molar-refractivity contribution in [2.45, 2.75) is 95.3 Å². The molecular formula is C21H38N2O5S. The Kier molecular flexibility index (Phi) is 8.51. The van der Waals surface area contributed by atoms with E-state index in [0.717, 1.165) is 58.0 Å². The third kappa shape index (κ3) is 5.39.